The number of fused-ring (bicyclic) bond motifs is 1. The van der Waals surface area contributed by atoms with Crippen LogP contribution in [-0.4, -0.2) is 17.6 Å². The van der Waals surface area contributed by atoms with E-state index >= 15 is 0 Å². The number of esters is 1. The van der Waals surface area contributed by atoms with Crippen molar-refractivity contribution in [3.63, 3.8) is 0 Å². The third kappa shape index (κ3) is 4.33. The molecule has 36 heavy (non-hydrogen) atoms. The smallest absolute Gasteiger partial charge is 0.338 e. The fourth-order valence-electron chi connectivity index (χ4n) is 4.07. The fraction of sp³-hybridized carbons (Fsp3) is 0.115. The summed E-state index contributed by atoms with van der Waals surface area (Å²) in [7, 11) is 1.29. The molecule has 0 radical (unpaired) electrons. The predicted molar refractivity (Wildman–Crippen MR) is 141 cm³/mol. The van der Waals surface area contributed by atoms with E-state index in [1.807, 2.05) is 0 Å². The number of methoxy groups -OCH3 is 1. The van der Waals surface area contributed by atoms with Crippen molar-refractivity contribution in [2.24, 2.45) is 4.99 Å². The Bertz CT molecular complexity index is 1730. The summed E-state index contributed by atoms with van der Waals surface area (Å²) in [4.78, 5) is 31.3. The molecule has 2 aromatic heterocycles. The van der Waals surface area contributed by atoms with Crippen molar-refractivity contribution in [1.29, 1.82) is 0 Å². The average molecular weight is 560 g/mol. The van der Waals surface area contributed by atoms with Crippen LogP contribution in [-0.2, 0) is 9.53 Å². The highest BCUT2D eigenvalue weighted by Crippen LogP contribution is 2.35. The second-order valence-corrected chi connectivity index (χ2v) is 10.2. The van der Waals surface area contributed by atoms with Crippen LogP contribution in [0.5, 0.6) is 0 Å². The molecule has 0 bridgehead atoms. The van der Waals surface area contributed by atoms with Crippen LogP contribution in [0.4, 0.5) is 0 Å². The molecule has 0 saturated heterocycles. The summed E-state index contributed by atoms with van der Waals surface area (Å²) in [5.74, 6) is 0.383. The van der Waals surface area contributed by atoms with Gasteiger partial charge in [-0.2, -0.15) is 0 Å². The number of furan rings is 1. The van der Waals surface area contributed by atoms with Crippen LogP contribution in [0.25, 0.3) is 17.4 Å². The molecule has 1 atom stereocenters. The van der Waals surface area contributed by atoms with Gasteiger partial charge in [0.15, 0.2) is 4.80 Å². The van der Waals surface area contributed by atoms with Gasteiger partial charge in [0, 0.05) is 21.7 Å². The zero-order valence-corrected chi connectivity index (χ0v) is 22.0. The van der Waals surface area contributed by atoms with Gasteiger partial charge in [0.2, 0.25) is 0 Å². The van der Waals surface area contributed by atoms with E-state index in [9.17, 15) is 9.59 Å². The Morgan fingerprint density at radius 3 is 2.64 bits per heavy atom. The van der Waals surface area contributed by atoms with E-state index in [2.05, 4.69) is 4.99 Å². The first-order valence-corrected chi connectivity index (χ1v) is 12.6. The van der Waals surface area contributed by atoms with Crippen LogP contribution in [0.2, 0.25) is 15.1 Å². The Hall–Kier alpha value is -3.10. The summed E-state index contributed by atoms with van der Waals surface area (Å²) >= 11 is 20.1. The SMILES string of the molecule is COC(=O)C1=C(C)N=c2s/c(=C\c3ccc(-c4cc(Cl)ccc4Cl)o3)c(=O)n2C1c1ccccc1Cl. The molecule has 4 aromatic rings. The van der Waals surface area contributed by atoms with Gasteiger partial charge < -0.3 is 9.15 Å². The molecule has 5 rings (SSSR count). The number of thiazole rings is 1. The quantitative estimate of drug-likeness (QED) is 0.304. The van der Waals surface area contributed by atoms with Gasteiger partial charge in [-0.25, -0.2) is 9.79 Å². The maximum absolute atomic E-state index is 13.6. The number of hydrogen-bond donors (Lipinski definition) is 0. The van der Waals surface area contributed by atoms with Crippen molar-refractivity contribution in [2.75, 3.05) is 7.11 Å². The minimum absolute atomic E-state index is 0.250. The number of halogens is 3. The van der Waals surface area contributed by atoms with Crippen molar-refractivity contribution in [2.45, 2.75) is 13.0 Å². The first kappa shape index (κ1) is 24.6. The van der Waals surface area contributed by atoms with Gasteiger partial charge in [-0.05, 0) is 48.9 Å². The first-order chi connectivity index (χ1) is 17.3. The van der Waals surface area contributed by atoms with E-state index in [-0.39, 0.29) is 11.1 Å². The molecule has 2 aromatic carbocycles. The minimum atomic E-state index is -0.790. The summed E-state index contributed by atoms with van der Waals surface area (Å²) in [6.45, 7) is 1.71. The molecule has 1 aliphatic rings. The highest BCUT2D eigenvalue weighted by Gasteiger charge is 2.34. The van der Waals surface area contributed by atoms with Gasteiger partial charge in [-0.3, -0.25) is 9.36 Å². The number of benzene rings is 2. The van der Waals surface area contributed by atoms with E-state index in [1.54, 1.807) is 67.6 Å². The van der Waals surface area contributed by atoms with Gasteiger partial charge in [0.1, 0.15) is 17.6 Å². The molecule has 0 spiro atoms. The van der Waals surface area contributed by atoms with Crippen molar-refractivity contribution < 1.29 is 13.9 Å². The third-order valence-electron chi connectivity index (χ3n) is 5.72. The summed E-state index contributed by atoms with van der Waals surface area (Å²) in [6.07, 6.45) is 1.63. The molecule has 10 heteroatoms. The molecule has 0 saturated carbocycles. The largest absolute Gasteiger partial charge is 0.466 e. The summed E-state index contributed by atoms with van der Waals surface area (Å²) in [5, 5.41) is 1.43. The number of carbonyl (C=O) groups is 1. The Morgan fingerprint density at radius 2 is 1.89 bits per heavy atom. The molecule has 0 fully saturated rings. The third-order valence-corrected chi connectivity index (χ3v) is 7.61. The Labute approximate surface area is 224 Å². The predicted octanol–water partition coefficient (Wildman–Crippen LogP) is 5.63. The van der Waals surface area contributed by atoms with Gasteiger partial charge in [0.25, 0.3) is 5.56 Å². The number of ether oxygens (including phenoxy) is 1. The lowest BCUT2D eigenvalue weighted by Crippen LogP contribution is -2.39. The second-order valence-electron chi connectivity index (χ2n) is 7.92. The Morgan fingerprint density at radius 1 is 1.11 bits per heavy atom. The first-order valence-electron chi connectivity index (χ1n) is 10.7. The fourth-order valence-corrected chi connectivity index (χ4v) is 5.72. The standard InChI is InChI=1S/C26H17Cl3N2O4S/c1-13-22(25(33)34-2)23(16-5-3-4-6-18(16)28)31-24(32)21(36-26(31)30-13)12-15-8-10-20(35-15)17-11-14(27)7-9-19(17)29/h3-12,23H,1-2H3/b21-12-. The monoisotopic (exact) mass is 558 g/mol. The Kier molecular flexibility index (Phi) is 6.66. The van der Waals surface area contributed by atoms with E-state index < -0.39 is 12.0 Å². The van der Waals surface area contributed by atoms with Crippen molar-refractivity contribution >= 4 is 58.2 Å². The second kappa shape index (κ2) is 9.75. The highest BCUT2D eigenvalue weighted by atomic mass is 35.5. The van der Waals surface area contributed by atoms with E-state index in [0.717, 1.165) is 0 Å². The number of allylic oxidation sites excluding steroid dienone is 1. The van der Waals surface area contributed by atoms with Gasteiger partial charge in [-0.15, -0.1) is 0 Å². The van der Waals surface area contributed by atoms with Crippen LogP contribution in [0.1, 0.15) is 24.3 Å². The topological polar surface area (TPSA) is 73.8 Å². The molecule has 0 aliphatic carbocycles. The lowest BCUT2D eigenvalue weighted by molar-refractivity contribution is -0.136. The lowest BCUT2D eigenvalue weighted by Gasteiger charge is -2.25. The molecular formula is C26H17Cl3N2O4S. The lowest BCUT2D eigenvalue weighted by atomic mass is 9.96. The molecule has 3 heterocycles. The van der Waals surface area contributed by atoms with Crippen LogP contribution >= 0.6 is 46.1 Å². The molecule has 1 unspecified atom stereocenters. The number of nitrogens with zero attached hydrogens (tertiary/aromatic N) is 2. The minimum Gasteiger partial charge on any atom is -0.466 e. The molecule has 182 valence electrons. The zero-order chi connectivity index (χ0) is 25.6. The number of rotatable bonds is 4. The van der Waals surface area contributed by atoms with Crippen LogP contribution in [0.3, 0.4) is 0 Å². The van der Waals surface area contributed by atoms with Crippen molar-refractivity contribution in [3.05, 3.63) is 112 Å². The zero-order valence-electron chi connectivity index (χ0n) is 18.9. The number of aromatic nitrogens is 1. The number of carbonyl (C=O) groups excluding carboxylic acids is 1. The summed E-state index contributed by atoms with van der Waals surface area (Å²) < 4.78 is 12.8. The molecule has 0 N–H and O–H groups in total. The average Bonchev–Trinajstić information content (AvgIpc) is 3.44. The molecule has 0 amide bonds. The number of hydrogen-bond acceptors (Lipinski definition) is 6. The van der Waals surface area contributed by atoms with Gasteiger partial charge in [0.05, 0.1) is 27.9 Å². The van der Waals surface area contributed by atoms with Gasteiger partial charge in [-0.1, -0.05) is 64.3 Å². The summed E-state index contributed by atoms with van der Waals surface area (Å²) in [5.41, 5.74) is 1.60. The maximum atomic E-state index is 13.6. The Balaban J connectivity index is 1.67. The van der Waals surface area contributed by atoms with Crippen molar-refractivity contribution in [3.8, 4) is 11.3 Å². The molecular weight excluding hydrogens is 543 g/mol. The van der Waals surface area contributed by atoms with E-state index in [0.29, 0.717) is 52.7 Å². The van der Waals surface area contributed by atoms with E-state index in [4.69, 9.17) is 44.0 Å². The highest BCUT2D eigenvalue weighted by molar-refractivity contribution is 7.07. The molecule has 6 nitrogen and oxygen atoms in total. The normalized spacial score (nSPS) is 15.6. The maximum Gasteiger partial charge on any atom is 0.338 e. The van der Waals surface area contributed by atoms with E-state index in [1.165, 1.54) is 23.0 Å². The van der Waals surface area contributed by atoms with Crippen LogP contribution in [0.15, 0.2) is 80.1 Å². The van der Waals surface area contributed by atoms with Gasteiger partial charge >= 0.3 is 5.97 Å². The summed E-state index contributed by atoms with van der Waals surface area (Å²) in [6, 6.07) is 14.9. The van der Waals surface area contributed by atoms with Crippen LogP contribution in [0, 0.1) is 0 Å². The van der Waals surface area contributed by atoms with Crippen LogP contribution < -0.4 is 14.9 Å². The van der Waals surface area contributed by atoms with Crippen molar-refractivity contribution in [1.82, 2.24) is 4.57 Å². The molecule has 1 aliphatic heterocycles.